The fraction of sp³-hybridized carbons (Fsp3) is 0.700. The van der Waals surface area contributed by atoms with E-state index < -0.39 is 6.17 Å². The van der Waals surface area contributed by atoms with Gasteiger partial charge >= 0.3 is 0 Å². The summed E-state index contributed by atoms with van der Waals surface area (Å²) in [6, 6.07) is 0. The van der Waals surface area contributed by atoms with E-state index >= 15 is 0 Å². The SMILES string of the molecule is C=C(C)C1CCC(=O)C(F)C1C. The predicted molar refractivity (Wildman–Crippen MR) is 46.6 cm³/mol. The molecule has 68 valence electrons. The first kappa shape index (κ1) is 9.43. The van der Waals surface area contributed by atoms with Crippen molar-refractivity contribution < 1.29 is 9.18 Å². The molecular formula is C10H15FO. The molecule has 1 aliphatic carbocycles. The summed E-state index contributed by atoms with van der Waals surface area (Å²) in [7, 11) is 0. The molecule has 0 radical (unpaired) electrons. The van der Waals surface area contributed by atoms with Gasteiger partial charge in [-0.25, -0.2) is 4.39 Å². The number of ketones is 1. The smallest absolute Gasteiger partial charge is 0.167 e. The van der Waals surface area contributed by atoms with E-state index in [2.05, 4.69) is 6.58 Å². The third-order valence-electron chi connectivity index (χ3n) is 2.74. The molecule has 0 aromatic rings. The molecule has 0 saturated heterocycles. The first-order valence-corrected chi connectivity index (χ1v) is 4.36. The Morgan fingerprint density at radius 3 is 2.75 bits per heavy atom. The van der Waals surface area contributed by atoms with E-state index in [9.17, 15) is 9.18 Å². The van der Waals surface area contributed by atoms with E-state index in [0.29, 0.717) is 6.42 Å². The number of hydrogen-bond donors (Lipinski definition) is 0. The van der Waals surface area contributed by atoms with Gasteiger partial charge in [-0.3, -0.25) is 4.79 Å². The Kier molecular flexibility index (Phi) is 2.65. The Hall–Kier alpha value is -0.660. The van der Waals surface area contributed by atoms with Crippen molar-refractivity contribution in [2.45, 2.75) is 32.9 Å². The van der Waals surface area contributed by atoms with Crippen LogP contribution in [0.3, 0.4) is 0 Å². The van der Waals surface area contributed by atoms with Crippen LogP contribution in [0.15, 0.2) is 12.2 Å². The van der Waals surface area contributed by atoms with E-state index in [1.807, 2.05) is 6.92 Å². The van der Waals surface area contributed by atoms with Gasteiger partial charge in [0.05, 0.1) is 0 Å². The summed E-state index contributed by atoms with van der Waals surface area (Å²) in [4.78, 5) is 11.0. The van der Waals surface area contributed by atoms with Crippen LogP contribution in [-0.4, -0.2) is 12.0 Å². The minimum Gasteiger partial charge on any atom is -0.296 e. The van der Waals surface area contributed by atoms with E-state index in [4.69, 9.17) is 0 Å². The van der Waals surface area contributed by atoms with Gasteiger partial charge in [-0.15, -0.1) is 0 Å². The molecule has 3 atom stereocenters. The van der Waals surface area contributed by atoms with Crippen molar-refractivity contribution in [3.8, 4) is 0 Å². The summed E-state index contributed by atoms with van der Waals surface area (Å²) < 4.78 is 13.2. The molecule has 0 aliphatic heterocycles. The van der Waals surface area contributed by atoms with Crippen molar-refractivity contribution in [2.24, 2.45) is 11.8 Å². The predicted octanol–water partition coefficient (Wildman–Crippen LogP) is 2.52. The highest BCUT2D eigenvalue weighted by molar-refractivity contribution is 5.84. The summed E-state index contributed by atoms with van der Waals surface area (Å²) in [6.45, 7) is 7.51. The standard InChI is InChI=1S/C10H15FO/c1-6(2)8-4-5-9(12)10(11)7(8)3/h7-8,10H,1,4-5H2,2-3H3. The van der Waals surface area contributed by atoms with Gasteiger partial charge in [0.15, 0.2) is 12.0 Å². The van der Waals surface area contributed by atoms with Gasteiger partial charge in [0.1, 0.15) is 0 Å². The quantitative estimate of drug-likeness (QED) is 0.553. The van der Waals surface area contributed by atoms with Crippen molar-refractivity contribution in [2.75, 3.05) is 0 Å². The van der Waals surface area contributed by atoms with Crippen LogP contribution in [0.4, 0.5) is 4.39 Å². The topological polar surface area (TPSA) is 17.1 Å². The lowest BCUT2D eigenvalue weighted by Gasteiger charge is -2.30. The zero-order valence-corrected chi connectivity index (χ0v) is 7.64. The Morgan fingerprint density at radius 2 is 2.25 bits per heavy atom. The zero-order valence-electron chi connectivity index (χ0n) is 7.64. The van der Waals surface area contributed by atoms with Gasteiger partial charge in [-0.1, -0.05) is 19.1 Å². The maximum Gasteiger partial charge on any atom is 0.167 e. The lowest BCUT2D eigenvalue weighted by Crippen LogP contribution is -2.35. The van der Waals surface area contributed by atoms with Crippen molar-refractivity contribution >= 4 is 5.78 Å². The summed E-state index contributed by atoms with van der Waals surface area (Å²) in [5, 5.41) is 0. The number of rotatable bonds is 1. The van der Waals surface area contributed by atoms with Crippen LogP contribution < -0.4 is 0 Å². The average Bonchev–Trinajstić information content (AvgIpc) is 2.00. The Labute approximate surface area is 72.7 Å². The second-order valence-corrected chi connectivity index (χ2v) is 3.72. The van der Waals surface area contributed by atoms with Crippen LogP contribution in [0.1, 0.15) is 26.7 Å². The van der Waals surface area contributed by atoms with Gasteiger partial charge in [0, 0.05) is 12.3 Å². The van der Waals surface area contributed by atoms with E-state index in [1.54, 1.807) is 6.92 Å². The van der Waals surface area contributed by atoms with E-state index in [1.165, 1.54) is 0 Å². The van der Waals surface area contributed by atoms with Crippen molar-refractivity contribution in [3.05, 3.63) is 12.2 Å². The molecule has 0 heterocycles. The molecule has 3 unspecified atom stereocenters. The molecule has 0 amide bonds. The van der Waals surface area contributed by atoms with Crippen LogP contribution in [0.2, 0.25) is 0 Å². The average molecular weight is 170 g/mol. The van der Waals surface area contributed by atoms with Crippen LogP contribution in [0.5, 0.6) is 0 Å². The van der Waals surface area contributed by atoms with E-state index in [0.717, 1.165) is 12.0 Å². The molecular weight excluding hydrogens is 155 g/mol. The highest BCUT2D eigenvalue weighted by atomic mass is 19.1. The van der Waals surface area contributed by atoms with Crippen molar-refractivity contribution in [1.82, 2.24) is 0 Å². The lowest BCUT2D eigenvalue weighted by atomic mass is 9.75. The van der Waals surface area contributed by atoms with Gasteiger partial charge in [-0.05, 0) is 19.3 Å². The largest absolute Gasteiger partial charge is 0.296 e. The highest BCUT2D eigenvalue weighted by Crippen LogP contribution is 2.33. The molecule has 0 aromatic carbocycles. The van der Waals surface area contributed by atoms with Crippen LogP contribution >= 0.6 is 0 Å². The van der Waals surface area contributed by atoms with Crippen molar-refractivity contribution in [3.63, 3.8) is 0 Å². The molecule has 0 N–H and O–H groups in total. The number of alkyl halides is 1. The summed E-state index contributed by atoms with van der Waals surface area (Å²) in [6.07, 6.45) is -0.112. The third kappa shape index (κ3) is 1.57. The summed E-state index contributed by atoms with van der Waals surface area (Å²) in [5.74, 6) is -0.221. The first-order chi connectivity index (χ1) is 5.54. The summed E-state index contributed by atoms with van der Waals surface area (Å²) >= 11 is 0. The summed E-state index contributed by atoms with van der Waals surface area (Å²) in [5.41, 5.74) is 0.998. The molecule has 1 nitrogen and oxygen atoms in total. The number of Topliss-reactive ketones (excluding diaryl/α,β-unsaturated/α-hetero) is 1. The lowest BCUT2D eigenvalue weighted by molar-refractivity contribution is -0.128. The second-order valence-electron chi connectivity index (χ2n) is 3.72. The number of carbonyl (C=O) groups is 1. The number of carbonyl (C=O) groups excluding carboxylic acids is 1. The molecule has 12 heavy (non-hydrogen) atoms. The number of allylic oxidation sites excluding steroid dienone is 1. The molecule has 1 aliphatic rings. The Balaban J connectivity index is 2.71. The number of hydrogen-bond acceptors (Lipinski definition) is 1. The second kappa shape index (κ2) is 3.38. The highest BCUT2D eigenvalue weighted by Gasteiger charge is 2.35. The van der Waals surface area contributed by atoms with Crippen LogP contribution in [0.25, 0.3) is 0 Å². The monoisotopic (exact) mass is 170 g/mol. The molecule has 0 bridgehead atoms. The minimum atomic E-state index is -1.26. The zero-order chi connectivity index (χ0) is 9.30. The van der Waals surface area contributed by atoms with Gasteiger partial charge in [0.25, 0.3) is 0 Å². The fourth-order valence-corrected chi connectivity index (χ4v) is 1.89. The Morgan fingerprint density at radius 1 is 1.67 bits per heavy atom. The van der Waals surface area contributed by atoms with Gasteiger partial charge in [-0.2, -0.15) is 0 Å². The molecule has 2 heteroatoms. The molecule has 0 aromatic heterocycles. The molecule has 1 rings (SSSR count). The first-order valence-electron chi connectivity index (χ1n) is 4.36. The molecule has 1 fully saturated rings. The van der Waals surface area contributed by atoms with Crippen LogP contribution in [-0.2, 0) is 4.79 Å². The fourth-order valence-electron chi connectivity index (χ4n) is 1.89. The molecule has 1 saturated carbocycles. The van der Waals surface area contributed by atoms with Gasteiger partial charge < -0.3 is 0 Å². The molecule has 0 spiro atoms. The maximum absolute atomic E-state index is 13.2. The number of halogens is 1. The van der Waals surface area contributed by atoms with Crippen molar-refractivity contribution in [1.29, 1.82) is 0 Å². The third-order valence-corrected chi connectivity index (χ3v) is 2.74. The minimum absolute atomic E-state index is 0.177. The van der Waals surface area contributed by atoms with Crippen LogP contribution in [0, 0.1) is 11.8 Å². The normalized spacial score (nSPS) is 36.6. The van der Waals surface area contributed by atoms with Gasteiger partial charge in [0.2, 0.25) is 0 Å². The van der Waals surface area contributed by atoms with E-state index in [-0.39, 0.29) is 17.6 Å². The maximum atomic E-state index is 13.2. The Bertz CT molecular complexity index is 210.